The first kappa shape index (κ1) is 17.5. The zero-order chi connectivity index (χ0) is 17.2. The van der Waals surface area contributed by atoms with E-state index in [4.69, 9.17) is 0 Å². The number of hydrogen-bond donors (Lipinski definition) is 2. The molecule has 0 bridgehead atoms. The van der Waals surface area contributed by atoms with Crippen LogP contribution >= 0.6 is 0 Å². The predicted molar refractivity (Wildman–Crippen MR) is 76.4 cm³/mol. The van der Waals surface area contributed by atoms with E-state index >= 15 is 0 Å². The highest BCUT2D eigenvalue weighted by atomic mass is 19.4. The fourth-order valence-corrected chi connectivity index (χ4v) is 2.70. The van der Waals surface area contributed by atoms with Gasteiger partial charge in [0.15, 0.2) is 0 Å². The van der Waals surface area contributed by atoms with Crippen LogP contribution in [0, 0.1) is 11.7 Å². The zero-order valence-electron chi connectivity index (χ0n) is 12.5. The van der Waals surface area contributed by atoms with Crippen molar-refractivity contribution >= 4 is 11.7 Å². The number of urea groups is 1. The Morgan fingerprint density at radius 2 is 2.09 bits per heavy atom. The van der Waals surface area contributed by atoms with E-state index in [1.807, 2.05) is 0 Å². The molecule has 8 heteroatoms. The van der Waals surface area contributed by atoms with Crippen molar-refractivity contribution in [3.63, 3.8) is 0 Å². The van der Waals surface area contributed by atoms with Crippen LogP contribution in [0.1, 0.15) is 24.8 Å². The molecule has 23 heavy (non-hydrogen) atoms. The van der Waals surface area contributed by atoms with Gasteiger partial charge in [0.2, 0.25) is 0 Å². The number of nitrogens with zero attached hydrogens (tertiary/aromatic N) is 1. The molecule has 0 spiro atoms. The number of carbonyl (C=O) groups is 1. The van der Waals surface area contributed by atoms with Crippen LogP contribution in [0.15, 0.2) is 18.2 Å². The Kier molecular flexibility index (Phi) is 5.13. The number of hydrogen-bond acceptors (Lipinski definition) is 2. The van der Waals surface area contributed by atoms with Gasteiger partial charge in [-0.2, -0.15) is 13.2 Å². The first-order chi connectivity index (χ1) is 10.7. The summed E-state index contributed by atoms with van der Waals surface area (Å²) >= 11 is 0. The Labute approximate surface area is 131 Å². The lowest BCUT2D eigenvalue weighted by Crippen LogP contribution is -2.37. The third-order valence-corrected chi connectivity index (χ3v) is 4.00. The number of alkyl halides is 3. The second-order valence-electron chi connectivity index (χ2n) is 5.76. The number of amides is 2. The number of anilines is 1. The monoisotopic (exact) mass is 334 g/mol. The first-order valence-corrected chi connectivity index (χ1v) is 7.25. The van der Waals surface area contributed by atoms with Gasteiger partial charge >= 0.3 is 12.2 Å². The minimum Gasteiger partial charge on any atom is -0.393 e. The van der Waals surface area contributed by atoms with Crippen LogP contribution in [-0.4, -0.2) is 35.7 Å². The van der Waals surface area contributed by atoms with E-state index in [1.54, 1.807) is 0 Å². The summed E-state index contributed by atoms with van der Waals surface area (Å²) in [5, 5.41) is 12.0. The molecule has 1 aliphatic carbocycles. The molecule has 0 saturated heterocycles. The van der Waals surface area contributed by atoms with Crippen molar-refractivity contribution in [3.05, 3.63) is 29.6 Å². The van der Waals surface area contributed by atoms with Gasteiger partial charge in [-0.1, -0.05) is 6.42 Å². The maximum absolute atomic E-state index is 13.2. The molecule has 128 valence electrons. The van der Waals surface area contributed by atoms with Crippen LogP contribution in [0.4, 0.5) is 28.0 Å². The first-order valence-electron chi connectivity index (χ1n) is 7.25. The largest absolute Gasteiger partial charge is 0.419 e. The van der Waals surface area contributed by atoms with E-state index in [0.717, 1.165) is 18.9 Å². The van der Waals surface area contributed by atoms with E-state index in [1.165, 1.54) is 11.9 Å². The molecular weight excluding hydrogens is 316 g/mol. The highest BCUT2D eigenvalue weighted by Gasteiger charge is 2.34. The molecule has 1 aliphatic rings. The number of rotatable bonds is 3. The molecule has 2 unspecified atom stereocenters. The fourth-order valence-electron chi connectivity index (χ4n) is 2.70. The highest BCUT2D eigenvalue weighted by molar-refractivity contribution is 5.89. The second-order valence-corrected chi connectivity index (χ2v) is 5.76. The Hall–Kier alpha value is -1.83. The van der Waals surface area contributed by atoms with Gasteiger partial charge in [0.1, 0.15) is 5.82 Å². The molecule has 0 radical (unpaired) electrons. The lowest BCUT2D eigenvalue weighted by Gasteiger charge is -2.23. The van der Waals surface area contributed by atoms with Gasteiger partial charge in [-0.05, 0) is 31.0 Å². The third kappa shape index (κ3) is 4.34. The molecule has 2 atom stereocenters. The Bertz CT molecular complexity index is 577. The number of carbonyl (C=O) groups excluding carboxylic acids is 1. The van der Waals surface area contributed by atoms with Crippen molar-refractivity contribution in [2.24, 2.45) is 5.92 Å². The van der Waals surface area contributed by atoms with Crippen molar-refractivity contribution in [1.82, 2.24) is 4.90 Å². The number of halogens is 4. The summed E-state index contributed by atoms with van der Waals surface area (Å²) < 4.78 is 51.1. The van der Waals surface area contributed by atoms with Crippen LogP contribution in [0.25, 0.3) is 0 Å². The zero-order valence-corrected chi connectivity index (χ0v) is 12.5. The van der Waals surface area contributed by atoms with Gasteiger partial charge in [-0.15, -0.1) is 0 Å². The Morgan fingerprint density at radius 3 is 2.65 bits per heavy atom. The SMILES string of the molecule is CN(CC1CCCC1O)C(=O)Nc1ccc(F)c(C(F)(F)F)c1. The Morgan fingerprint density at radius 1 is 1.39 bits per heavy atom. The Balaban J connectivity index is 2.02. The van der Waals surface area contributed by atoms with Crippen molar-refractivity contribution in [1.29, 1.82) is 0 Å². The van der Waals surface area contributed by atoms with Crippen LogP contribution in [0.2, 0.25) is 0 Å². The maximum atomic E-state index is 13.2. The van der Waals surface area contributed by atoms with Crippen molar-refractivity contribution < 1.29 is 27.5 Å². The molecule has 2 rings (SSSR count). The molecule has 2 N–H and O–H groups in total. The minimum absolute atomic E-state index is 0.0373. The minimum atomic E-state index is -4.83. The van der Waals surface area contributed by atoms with Crippen LogP contribution in [-0.2, 0) is 6.18 Å². The van der Waals surface area contributed by atoms with Gasteiger partial charge in [0.25, 0.3) is 0 Å². The summed E-state index contributed by atoms with van der Waals surface area (Å²) in [6.45, 7) is 0.306. The van der Waals surface area contributed by atoms with Crippen LogP contribution in [0.3, 0.4) is 0 Å². The normalized spacial score (nSPS) is 21.3. The molecule has 4 nitrogen and oxygen atoms in total. The topological polar surface area (TPSA) is 52.6 Å². The molecule has 1 aromatic carbocycles. The molecule has 2 amide bonds. The van der Waals surface area contributed by atoms with Crippen molar-refractivity contribution in [2.75, 3.05) is 18.9 Å². The molecule has 1 saturated carbocycles. The van der Waals surface area contributed by atoms with Crippen LogP contribution < -0.4 is 5.32 Å². The fraction of sp³-hybridized carbons (Fsp3) is 0.533. The van der Waals surface area contributed by atoms with Gasteiger partial charge in [0.05, 0.1) is 11.7 Å². The molecule has 1 fully saturated rings. The standard InChI is InChI=1S/C15H18F4N2O2/c1-21(8-9-3-2-4-13(9)22)14(23)20-10-5-6-12(16)11(7-10)15(17,18)19/h5-7,9,13,22H,2-4,8H2,1H3,(H,20,23). The molecule has 0 aliphatic heterocycles. The van der Waals surface area contributed by atoms with E-state index in [2.05, 4.69) is 5.32 Å². The smallest absolute Gasteiger partial charge is 0.393 e. The van der Waals surface area contributed by atoms with E-state index in [9.17, 15) is 27.5 Å². The molecular formula is C15H18F4N2O2. The van der Waals surface area contributed by atoms with Gasteiger partial charge < -0.3 is 15.3 Å². The lowest BCUT2D eigenvalue weighted by atomic mass is 10.1. The summed E-state index contributed by atoms with van der Waals surface area (Å²) in [6, 6.07) is 1.69. The number of benzene rings is 1. The summed E-state index contributed by atoms with van der Waals surface area (Å²) in [6.07, 6.45) is -2.92. The van der Waals surface area contributed by atoms with Gasteiger partial charge in [0, 0.05) is 25.2 Å². The van der Waals surface area contributed by atoms with E-state index in [0.29, 0.717) is 25.1 Å². The molecule has 0 heterocycles. The summed E-state index contributed by atoms with van der Waals surface area (Å²) in [7, 11) is 1.49. The van der Waals surface area contributed by atoms with Crippen LogP contribution in [0.5, 0.6) is 0 Å². The number of nitrogens with one attached hydrogen (secondary N) is 1. The molecule has 0 aromatic heterocycles. The van der Waals surface area contributed by atoms with Crippen molar-refractivity contribution in [3.8, 4) is 0 Å². The quantitative estimate of drug-likeness (QED) is 0.832. The van der Waals surface area contributed by atoms with Gasteiger partial charge in [-0.25, -0.2) is 9.18 Å². The van der Waals surface area contributed by atoms with Gasteiger partial charge in [-0.3, -0.25) is 0 Å². The second kappa shape index (κ2) is 6.74. The number of aliphatic hydroxyl groups excluding tert-OH is 1. The maximum Gasteiger partial charge on any atom is 0.419 e. The summed E-state index contributed by atoms with van der Waals surface area (Å²) in [5.41, 5.74) is -1.56. The molecule has 1 aromatic rings. The average Bonchev–Trinajstić information content (AvgIpc) is 2.85. The average molecular weight is 334 g/mol. The van der Waals surface area contributed by atoms with Crippen molar-refractivity contribution in [2.45, 2.75) is 31.5 Å². The van der Waals surface area contributed by atoms with E-state index < -0.39 is 29.7 Å². The highest BCUT2D eigenvalue weighted by Crippen LogP contribution is 2.33. The van der Waals surface area contributed by atoms with E-state index in [-0.39, 0.29) is 11.6 Å². The number of aliphatic hydroxyl groups is 1. The summed E-state index contributed by atoms with van der Waals surface area (Å²) in [5.74, 6) is -1.43. The summed E-state index contributed by atoms with van der Waals surface area (Å²) in [4.78, 5) is 13.3. The lowest BCUT2D eigenvalue weighted by molar-refractivity contribution is -0.139. The third-order valence-electron chi connectivity index (χ3n) is 4.00. The predicted octanol–water partition coefficient (Wildman–Crippen LogP) is 3.47.